The van der Waals surface area contributed by atoms with Crippen LogP contribution in [0.15, 0.2) is 11.4 Å². The van der Waals surface area contributed by atoms with Gasteiger partial charge in [0.15, 0.2) is 5.06 Å². The van der Waals surface area contributed by atoms with Gasteiger partial charge in [-0.05, 0) is 30.4 Å². The Balaban J connectivity index is 1.79. The number of hydrogen-bond acceptors (Lipinski definition) is 2. The van der Waals surface area contributed by atoms with Crippen LogP contribution < -0.4 is 4.74 Å². The van der Waals surface area contributed by atoms with Crippen LogP contribution in [0, 0.1) is 6.92 Å². The highest BCUT2D eigenvalue weighted by Gasteiger charge is 1.97. The van der Waals surface area contributed by atoms with Gasteiger partial charge in [-0.2, -0.15) is 0 Å². The minimum absolute atomic E-state index is 0.885. The summed E-state index contributed by atoms with van der Waals surface area (Å²) in [5, 5.41) is 3.22. The second-order valence-electron chi connectivity index (χ2n) is 5.47. The highest BCUT2D eigenvalue weighted by Crippen LogP contribution is 2.22. The van der Waals surface area contributed by atoms with Crippen molar-refractivity contribution in [2.75, 3.05) is 6.61 Å². The molecule has 110 valence electrons. The molecule has 1 rings (SSSR count). The second-order valence-corrected chi connectivity index (χ2v) is 6.35. The normalized spacial score (nSPS) is 10.8. The van der Waals surface area contributed by atoms with Crippen molar-refractivity contribution in [3.05, 3.63) is 17.0 Å². The lowest BCUT2D eigenvalue weighted by Gasteiger charge is -2.04. The topological polar surface area (TPSA) is 9.23 Å². The number of rotatable bonds is 12. The summed E-state index contributed by atoms with van der Waals surface area (Å²) in [6.07, 6.45) is 13.8. The molecule has 2 heteroatoms. The van der Waals surface area contributed by atoms with Crippen LogP contribution in [0.25, 0.3) is 0 Å². The summed E-state index contributed by atoms with van der Waals surface area (Å²) in [4.78, 5) is 0. The standard InChI is InChI=1S/C17H30OS/c1-3-4-5-6-7-8-9-10-11-12-13-18-17-14-16(2)15-19-17/h14-15H,3-13H2,1-2H3. The fourth-order valence-electron chi connectivity index (χ4n) is 2.24. The van der Waals surface area contributed by atoms with Crippen LogP contribution in [-0.4, -0.2) is 6.61 Å². The summed E-state index contributed by atoms with van der Waals surface area (Å²) in [7, 11) is 0. The van der Waals surface area contributed by atoms with E-state index in [1.165, 1.54) is 69.8 Å². The van der Waals surface area contributed by atoms with Gasteiger partial charge >= 0.3 is 0 Å². The number of hydrogen-bond donors (Lipinski definition) is 0. The minimum Gasteiger partial charge on any atom is -0.484 e. The Morgan fingerprint density at radius 1 is 0.895 bits per heavy atom. The van der Waals surface area contributed by atoms with E-state index in [1.807, 2.05) is 0 Å². The monoisotopic (exact) mass is 282 g/mol. The van der Waals surface area contributed by atoms with Crippen LogP contribution in [0.1, 0.15) is 76.7 Å². The zero-order valence-corrected chi connectivity index (χ0v) is 13.6. The van der Waals surface area contributed by atoms with Crippen LogP contribution in [0.3, 0.4) is 0 Å². The summed E-state index contributed by atoms with van der Waals surface area (Å²) < 4.78 is 5.72. The van der Waals surface area contributed by atoms with Crippen molar-refractivity contribution in [1.29, 1.82) is 0 Å². The Hall–Kier alpha value is -0.500. The smallest absolute Gasteiger partial charge is 0.173 e. The third-order valence-electron chi connectivity index (χ3n) is 3.45. The molecule has 0 aliphatic carbocycles. The maximum Gasteiger partial charge on any atom is 0.173 e. The van der Waals surface area contributed by atoms with Gasteiger partial charge in [0.25, 0.3) is 0 Å². The first-order valence-electron chi connectivity index (χ1n) is 8.01. The van der Waals surface area contributed by atoms with E-state index in [-0.39, 0.29) is 0 Å². The van der Waals surface area contributed by atoms with Crippen molar-refractivity contribution in [1.82, 2.24) is 0 Å². The molecule has 0 amide bonds. The molecule has 1 aromatic heterocycles. The predicted molar refractivity (Wildman–Crippen MR) is 86.4 cm³/mol. The molecular formula is C17H30OS. The lowest BCUT2D eigenvalue weighted by Crippen LogP contribution is -1.95. The van der Waals surface area contributed by atoms with Gasteiger partial charge < -0.3 is 4.74 Å². The zero-order valence-electron chi connectivity index (χ0n) is 12.7. The molecule has 0 fully saturated rings. The van der Waals surface area contributed by atoms with Gasteiger partial charge in [0.2, 0.25) is 0 Å². The van der Waals surface area contributed by atoms with E-state index in [4.69, 9.17) is 4.74 Å². The van der Waals surface area contributed by atoms with E-state index in [9.17, 15) is 0 Å². The van der Waals surface area contributed by atoms with Crippen LogP contribution in [0.2, 0.25) is 0 Å². The van der Waals surface area contributed by atoms with Crippen molar-refractivity contribution in [2.45, 2.75) is 78.1 Å². The molecule has 0 bridgehead atoms. The molecule has 0 spiro atoms. The Morgan fingerprint density at radius 2 is 1.47 bits per heavy atom. The van der Waals surface area contributed by atoms with Crippen molar-refractivity contribution in [3.8, 4) is 5.06 Å². The van der Waals surface area contributed by atoms with Crippen LogP contribution in [-0.2, 0) is 0 Å². The van der Waals surface area contributed by atoms with E-state index < -0.39 is 0 Å². The van der Waals surface area contributed by atoms with Gasteiger partial charge in [-0.3, -0.25) is 0 Å². The van der Waals surface area contributed by atoms with Gasteiger partial charge in [-0.15, -0.1) is 11.3 Å². The molecule has 0 radical (unpaired) electrons. The van der Waals surface area contributed by atoms with E-state index in [0.717, 1.165) is 11.7 Å². The molecule has 19 heavy (non-hydrogen) atoms. The average molecular weight is 282 g/mol. The van der Waals surface area contributed by atoms with Crippen molar-refractivity contribution < 1.29 is 4.74 Å². The van der Waals surface area contributed by atoms with Crippen molar-refractivity contribution in [2.24, 2.45) is 0 Å². The maximum absolute atomic E-state index is 5.72. The maximum atomic E-state index is 5.72. The quantitative estimate of drug-likeness (QED) is 0.405. The second kappa shape index (κ2) is 11.3. The lowest BCUT2D eigenvalue weighted by molar-refractivity contribution is 0.312. The summed E-state index contributed by atoms with van der Waals surface area (Å²) in [6.45, 7) is 5.28. The van der Waals surface area contributed by atoms with Crippen LogP contribution in [0.5, 0.6) is 5.06 Å². The number of thiophene rings is 1. The number of aryl methyl sites for hydroxylation is 1. The third-order valence-corrected chi connectivity index (χ3v) is 4.41. The first-order valence-corrected chi connectivity index (χ1v) is 8.89. The molecule has 1 aromatic rings. The SMILES string of the molecule is CCCCCCCCCCCCOc1cc(C)cs1. The van der Waals surface area contributed by atoms with Gasteiger partial charge in [0, 0.05) is 0 Å². The molecule has 1 heterocycles. The highest BCUT2D eigenvalue weighted by molar-refractivity contribution is 7.12. The van der Waals surface area contributed by atoms with Crippen molar-refractivity contribution >= 4 is 11.3 Å². The van der Waals surface area contributed by atoms with E-state index in [1.54, 1.807) is 11.3 Å². The van der Waals surface area contributed by atoms with Gasteiger partial charge in [0.1, 0.15) is 0 Å². The number of ether oxygens (including phenoxy) is 1. The molecule has 0 N–H and O–H groups in total. The Morgan fingerprint density at radius 3 is 2.00 bits per heavy atom. The molecule has 0 aromatic carbocycles. The molecule has 1 nitrogen and oxygen atoms in total. The van der Waals surface area contributed by atoms with Crippen LogP contribution >= 0.6 is 11.3 Å². The summed E-state index contributed by atoms with van der Waals surface area (Å²) >= 11 is 1.71. The first kappa shape index (κ1) is 16.6. The summed E-state index contributed by atoms with van der Waals surface area (Å²) in [6, 6.07) is 2.13. The largest absolute Gasteiger partial charge is 0.484 e. The van der Waals surface area contributed by atoms with Gasteiger partial charge in [0.05, 0.1) is 6.61 Å². The predicted octanol–water partition coefficient (Wildman–Crippen LogP) is 6.36. The minimum atomic E-state index is 0.885. The molecule has 0 unspecified atom stereocenters. The first-order chi connectivity index (χ1) is 9.33. The summed E-state index contributed by atoms with van der Waals surface area (Å²) in [5.41, 5.74) is 1.31. The zero-order chi connectivity index (χ0) is 13.8. The molecule has 0 aliphatic heterocycles. The van der Waals surface area contributed by atoms with Crippen molar-refractivity contribution in [3.63, 3.8) is 0 Å². The fourth-order valence-corrected chi connectivity index (χ4v) is 3.02. The molecule has 0 saturated heterocycles. The highest BCUT2D eigenvalue weighted by atomic mass is 32.1. The molecule has 0 atom stereocenters. The number of unbranched alkanes of at least 4 members (excludes halogenated alkanes) is 9. The van der Waals surface area contributed by atoms with E-state index >= 15 is 0 Å². The van der Waals surface area contributed by atoms with E-state index in [0.29, 0.717) is 0 Å². The third kappa shape index (κ3) is 9.10. The van der Waals surface area contributed by atoms with Crippen LogP contribution in [0.4, 0.5) is 0 Å². The Bertz CT molecular complexity index is 306. The molecule has 0 aliphatic rings. The molecular weight excluding hydrogens is 252 g/mol. The Kier molecular flexibility index (Phi) is 9.88. The average Bonchev–Trinajstić information content (AvgIpc) is 2.82. The van der Waals surface area contributed by atoms with Gasteiger partial charge in [-0.1, -0.05) is 64.7 Å². The lowest BCUT2D eigenvalue weighted by atomic mass is 10.1. The van der Waals surface area contributed by atoms with Gasteiger partial charge in [-0.25, -0.2) is 0 Å². The summed E-state index contributed by atoms with van der Waals surface area (Å²) in [5.74, 6) is 0. The fraction of sp³-hybridized carbons (Fsp3) is 0.765. The Labute approximate surface area is 123 Å². The van der Waals surface area contributed by atoms with E-state index in [2.05, 4.69) is 25.3 Å². The molecule has 0 saturated carbocycles.